The van der Waals surface area contributed by atoms with E-state index in [1.54, 1.807) is 12.1 Å². The first kappa shape index (κ1) is 14.3. The highest BCUT2D eigenvalue weighted by Crippen LogP contribution is 2.47. The fourth-order valence-electron chi connectivity index (χ4n) is 2.88. The van der Waals surface area contributed by atoms with Gasteiger partial charge in [0.2, 0.25) is 0 Å². The third-order valence-electron chi connectivity index (χ3n) is 4.37. The standard InChI is InChI=1S/C16H21FN2O2/c17-13-4-1-3-12(9-13)16(6-7-16)11-18-15(20)19-14-5-2-8-21-10-14/h1,3-4,9,14H,2,5-8,10-11H2,(H2,18,19,20)/t14-/m0/s1. The number of halogens is 1. The summed E-state index contributed by atoms with van der Waals surface area (Å²) in [5.41, 5.74) is 0.895. The molecule has 0 unspecified atom stereocenters. The normalized spacial score (nSPS) is 23.4. The van der Waals surface area contributed by atoms with Crippen LogP contribution in [0.4, 0.5) is 9.18 Å². The third-order valence-corrected chi connectivity index (χ3v) is 4.37. The number of rotatable bonds is 4. The van der Waals surface area contributed by atoms with Crippen molar-refractivity contribution in [2.75, 3.05) is 19.8 Å². The Hall–Kier alpha value is -1.62. The minimum atomic E-state index is -0.220. The van der Waals surface area contributed by atoms with Gasteiger partial charge < -0.3 is 15.4 Å². The average Bonchev–Trinajstić information content (AvgIpc) is 3.28. The predicted molar refractivity (Wildman–Crippen MR) is 77.7 cm³/mol. The van der Waals surface area contributed by atoms with Gasteiger partial charge in [-0.2, -0.15) is 0 Å². The van der Waals surface area contributed by atoms with Crippen LogP contribution >= 0.6 is 0 Å². The van der Waals surface area contributed by atoms with Crippen LogP contribution in [-0.2, 0) is 10.2 Å². The first-order valence-electron chi connectivity index (χ1n) is 7.56. The number of carbonyl (C=O) groups excluding carboxylic acids is 1. The van der Waals surface area contributed by atoms with Gasteiger partial charge in [0, 0.05) is 18.6 Å². The Morgan fingerprint density at radius 1 is 1.43 bits per heavy atom. The zero-order valence-corrected chi connectivity index (χ0v) is 12.0. The van der Waals surface area contributed by atoms with Crippen LogP contribution in [0.2, 0.25) is 0 Å². The van der Waals surface area contributed by atoms with Gasteiger partial charge in [-0.15, -0.1) is 0 Å². The molecule has 3 rings (SSSR count). The van der Waals surface area contributed by atoms with E-state index in [1.807, 2.05) is 6.07 Å². The van der Waals surface area contributed by atoms with Crippen LogP contribution in [0.15, 0.2) is 24.3 Å². The van der Waals surface area contributed by atoms with Crippen LogP contribution in [-0.4, -0.2) is 31.8 Å². The van der Waals surface area contributed by atoms with E-state index in [1.165, 1.54) is 6.07 Å². The highest BCUT2D eigenvalue weighted by atomic mass is 19.1. The first-order chi connectivity index (χ1) is 10.2. The molecule has 1 aromatic carbocycles. The molecule has 0 spiro atoms. The summed E-state index contributed by atoms with van der Waals surface area (Å²) in [6.45, 7) is 1.92. The molecule has 0 aromatic heterocycles. The number of urea groups is 1. The zero-order valence-electron chi connectivity index (χ0n) is 12.0. The van der Waals surface area contributed by atoms with Gasteiger partial charge in [-0.1, -0.05) is 12.1 Å². The van der Waals surface area contributed by atoms with Crippen molar-refractivity contribution < 1.29 is 13.9 Å². The van der Waals surface area contributed by atoms with Gasteiger partial charge in [-0.3, -0.25) is 0 Å². The molecule has 0 radical (unpaired) electrons. The summed E-state index contributed by atoms with van der Waals surface area (Å²) in [4.78, 5) is 11.9. The molecule has 1 saturated carbocycles. The molecule has 1 saturated heterocycles. The molecule has 2 aliphatic rings. The van der Waals surface area contributed by atoms with Gasteiger partial charge in [0.05, 0.1) is 12.6 Å². The molecule has 2 N–H and O–H groups in total. The highest BCUT2D eigenvalue weighted by Gasteiger charge is 2.44. The lowest BCUT2D eigenvalue weighted by molar-refractivity contribution is 0.0732. The SMILES string of the molecule is O=C(NCC1(c2cccc(F)c2)CC1)N[C@H]1CCCOC1. The molecule has 1 aliphatic carbocycles. The molecular weight excluding hydrogens is 271 g/mol. The highest BCUT2D eigenvalue weighted by molar-refractivity contribution is 5.74. The van der Waals surface area contributed by atoms with Crippen molar-refractivity contribution in [1.82, 2.24) is 10.6 Å². The second kappa shape index (κ2) is 6.02. The molecular formula is C16H21FN2O2. The van der Waals surface area contributed by atoms with Gasteiger partial charge in [-0.25, -0.2) is 9.18 Å². The van der Waals surface area contributed by atoms with E-state index < -0.39 is 0 Å². The quantitative estimate of drug-likeness (QED) is 0.895. The number of ether oxygens (including phenoxy) is 1. The molecule has 1 aromatic rings. The Labute approximate surface area is 124 Å². The third kappa shape index (κ3) is 3.53. The van der Waals surface area contributed by atoms with Gasteiger partial charge in [0.15, 0.2) is 0 Å². The lowest BCUT2D eigenvalue weighted by Crippen LogP contribution is -2.47. The summed E-state index contributed by atoms with van der Waals surface area (Å²) >= 11 is 0. The van der Waals surface area contributed by atoms with E-state index in [4.69, 9.17) is 4.74 Å². The molecule has 2 fully saturated rings. The van der Waals surface area contributed by atoms with Crippen molar-refractivity contribution in [3.8, 4) is 0 Å². The monoisotopic (exact) mass is 292 g/mol. The van der Waals surface area contributed by atoms with Gasteiger partial charge in [0.1, 0.15) is 5.82 Å². The number of carbonyl (C=O) groups is 1. The van der Waals surface area contributed by atoms with Crippen molar-refractivity contribution in [2.24, 2.45) is 0 Å². The molecule has 114 valence electrons. The summed E-state index contributed by atoms with van der Waals surface area (Å²) in [6.07, 6.45) is 3.92. The summed E-state index contributed by atoms with van der Waals surface area (Å²) < 4.78 is 18.7. The zero-order chi connectivity index (χ0) is 14.7. The van der Waals surface area contributed by atoms with Crippen LogP contribution in [0.5, 0.6) is 0 Å². The smallest absolute Gasteiger partial charge is 0.315 e. The van der Waals surface area contributed by atoms with Gasteiger partial charge >= 0.3 is 6.03 Å². The van der Waals surface area contributed by atoms with E-state index in [0.717, 1.165) is 37.9 Å². The Morgan fingerprint density at radius 3 is 2.95 bits per heavy atom. The maximum atomic E-state index is 13.3. The number of nitrogens with one attached hydrogen (secondary N) is 2. The molecule has 1 heterocycles. The summed E-state index contributed by atoms with van der Waals surface area (Å²) in [6, 6.07) is 6.62. The van der Waals surface area contributed by atoms with E-state index in [-0.39, 0.29) is 23.3 Å². The minimum Gasteiger partial charge on any atom is -0.379 e. The van der Waals surface area contributed by atoms with Crippen molar-refractivity contribution in [1.29, 1.82) is 0 Å². The predicted octanol–water partition coefficient (Wildman–Crippen LogP) is 2.34. The van der Waals surface area contributed by atoms with Crippen LogP contribution < -0.4 is 10.6 Å². The topological polar surface area (TPSA) is 50.4 Å². The minimum absolute atomic E-state index is 0.0808. The lowest BCUT2D eigenvalue weighted by Gasteiger charge is -2.24. The van der Waals surface area contributed by atoms with Crippen molar-refractivity contribution >= 4 is 6.03 Å². The maximum Gasteiger partial charge on any atom is 0.315 e. The van der Waals surface area contributed by atoms with Crippen molar-refractivity contribution in [3.05, 3.63) is 35.6 Å². The number of benzene rings is 1. The largest absolute Gasteiger partial charge is 0.379 e. The van der Waals surface area contributed by atoms with Gasteiger partial charge in [0.25, 0.3) is 0 Å². The van der Waals surface area contributed by atoms with Crippen molar-refractivity contribution in [2.45, 2.75) is 37.1 Å². The summed E-state index contributed by atoms with van der Waals surface area (Å²) in [7, 11) is 0. The van der Waals surface area contributed by atoms with Crippen LogP contribution in [0.1, 0.15) is 31.2 Å². The average molecular weight is 292 g/mol. The first-order valence-corrected chi connectivity index (χ1v) is 7.56. The second-order valence-electron chi connectivity index (χ2n) is 6.03. The van der Waals surface area contributed by atoms with Gasteiger partial charge in [-0.05, 0) is 43.4 Å². The van der Waals surface area contributed by atoms with Crippen LogP contribution in [0.25, 0.3) is 0 Å². The molecule has 1 atom stereocenters. The van der Waals surface area contributed by atoms with E-state index in [0.29, 0.717) is 13.2 Å². The molecule has 21 heavy (non-hydrogen) atoms. The Bertz CT molecular complexity index is 511. The van der Waals surface area contributed by atoms with E-state index in [2.05, 4.69) is 10.6 Å². The molecule has 1 aliphatic heterocycles. The number of hydrogen-bond donors (Lipinski definition) is 2. The Morgan fingerprint density at radius 2 is 2.29 bits per heavy atom. The van der Waals surface area contributed by atoms with Crippen LogP contribution in [0, 0.1) is 5.82 Å². The van der Waals surface area contributed by atoms with E-state index in [9.17, 15) is 9.18 Å². The van der Waals surface area contributed by atoms with E-state index >= 15 is 0 Å². The summed E-state index contributed by atoms with van der Waals surface area (Å²) in [5, 5.41) is 5.86. The lowest BCUT2D eigenvalue weighted by atomic mass is 9.96. The molecule has 0 bridgehead atoms. The molecule has 4 nitrogen and oxygen atoms in total. The number of amides is 2. The molecule has 5 heteroatoms. The summed E-state index contributed by atoms with van der Waals surface area (Å²) in [5.74, 6) is -0.220. The fourth-order valence-corrected chi connectivity index (χ4v) is 2.88. The Kier molecular flexibility index (Phi) is 4.10. The molecule has 2 amide bonds. The van der Waals surface area contributed by atoms with Crippen molar-refractivity contribution in [3.63, 3.8) is 0 Å². The second-order valence-corrected chi connectivity index (χ2v) is 6.03. The Balaban J connectivity index is 1.51. The fraction of sp³-hybridized carbons (Fsp3) is 0.562. The van der Waals surface area contributed by atoms with Crippen LogP contribution in [0.3, 0.4) is 0 Å². The number of hydrogen-bond acceptors (Lipinski definition) is 2. The maximum absolute atomic E-state index is 13.3.